The molecule has 1 saturated heterocycles. The number of aliphatic carboxylic acids is 1. The maximum absolute atomic E-state index is 11.0. The molecule has 1 fully saturated rings. The van der Waals surface area contributed by atoms with Crippen molar-refractivity contribution in [3.8, 4) is 5.88 Å². The van der Waals surface area contributed by atoms with E-state index in [1.165, 1.54) is 6.33 Å². The van der Waals surface area contributed by atoms with Gasteiger partial charge < -0.3 is 19.9 Å². The number of hydrogen-bond acceptors (Lipinski definition) is 6. The number of nitrogens with one attached hydrogen (secondary N) is 1. The zero-order valence-electron chi connectivity index (χ0n) is 10.7. The Hall–Kier alpha value is -1.89. The second kappa shape index (κ2) is 6.33. The van der Waals surface area contributed by atoms with Gasteiger partial charge in [0.1, 0.15) is 18.1 Å². The molecular formula is C12H17N3O4. The predicted molar refractivity (Wildman–Crippen MR) is 67.2 cm³/mol. The Bertz CT molecular complexity index is 441. The molecule has 2 heterocycles. The molecule has 0 aromatic carbocycles. The second-order valence-corrected chi connectivity index (χ2v) is 4.32. The lowest BCUT2D eigenvalue weighted by Gasteiger charge is -2.16. The molecule has 104 valence electrons. The maximum Gasteiger partial charge on any atom is 0.311 e. The topological polar surface area (TPSA) is 93.6 Å². The molecule has 0 saturated carbocycles. The zero-order valence-corrected chi connectivity index (χ0v) is 10.7. The van der Waals surface area contributed by atoms with Crippen molar-refractivity contribution in [1.29, 1.82) is 0 Å². The first-order valence-electron chi connectivity index (χ1n) is 6.22. The lowest BCUT2D eigenvalue weighted by atomic mass is 10.0. The van der Waals surface area contributed by atoms with E-state index in [1.54, 1.807) is 6.07 Å². The van der Waals surface area contributed by atoms with Crippen LogP contribution in [0.4, 0.5) is 5.82 Å². The number of rotatable bonds is 6. The Morgan fingerprint density at radius 1 is 1.58 bits per heavy atom. The van der Waals surface area contributed by atoms with E-state index in [2.05, 4.69) is 15.3 Å². The summed E-state index contributed by atoms with van der Waals surface area (Å²) < 4.78 is 10.6. The number of carbonyl (C=O) groups is 1. The minimum atomic E-state index is -0.869. The first-order valence-corrected chi connectivity index (χ1v) is 6.22. The highest BCUT2D eigenvalue weighted by atomic mass is 16.5. The number of carboxylic acid groups (broad SMARTS) is 1. The fourth-order valence-electron chi connectivity index (χ4n) is 1.83. The highest BCUT2D eigenvalue weighted by Gasteiger charge is 2.34. The summed E-state index contributed by atoms with van der Waals surface area (Å²) in [4.78, 5) is 19.1. The van der Waals surface area contributed by atoms with Crippen LogP contribution in [0.15, 0.2) is 12.4 Å². The molecule has 0 bridgehead atoms. The molecule has 19 heavy (non-hydrogen) atoms. The molecule has 0 spiro atoms. The van der Waals surface area contributed by atoms with Crippen LogP contribution in [0.1, 0.15) is 13.3 Å². The van der Waals surface area contributed by atoms with E-state index in [9.17, 15) is 4.79 Å². The first-order chi connectivity index (χ1) is 9.20. The first kappa shape index (κ1) is 13.5. The summed E-state index contributed by atoms with van der Waals surface area (Å²) in [7, 11) is 0. The van der Waals surface area contributed by atoms with Gasteiger partial charge in [-0.25, -0.2) is 9.97 Å². The molecule has 1 aromatic heterocycles. The van der Waals surface area contributed by atoms with Crippen molar-refractivity contribution >= 4 is 11.8 Å². The van der Waals surface area contributed by atoms with Gasteiger partial charge in [-0.1, -0.05) is 6.92 Å². The van der Waals surface area contributed by atoms with Crippen molar-refractivity contribution in [3.05, 3.63) is 12.4 Å². The quantitative estimate of drug-likeness (QED) is 0.786. The highest BCUT2D eigenvalue weighted by molar-refractivity contribution is 5.72. The van der Waals surface area contributed by atoms with Crippen LogP contribution in [-0.4, -0.2) is 46.9 Å². The standard InChI is InChI=1S/C12H17N3O4/c1-2-3-19-11-4-10(13-7-14-11)15-9-6-18-5-8(9)12(16)17/h4,7-9H,2-3,5-6H2,1H3,(H,16,17)(H,13,14,15). The van der Waals surface area contributed by atoms with Crippen LogP contribution in [0.25, 0.3) is 0 Å². The van der Waals surface area contributed by atoms with Crippen LogP contribution in [-0.2, 0) is 9.53 Å². The number of anilines is 1. The van der Waals surface area contributed by atoms with Crippen LogP contribution >= 0.6 is 0 Å². The van der Waals surface area contributed by atoms with Crippen molar-refractivity contribution in [2.75, 3.05) is 25.1 Å². The van der Waals surface area contributed by atoms with Crippen LogP contribution < -0.4 is 10.1 Å². The molecule has 2 unspecified atom stereocenters. The normalized spacial score (nSPS) is 22.2. The van der Waals surface area contributed by atoms with Gasteiger partial charge in [-0.05, 0) is 6.42 Å². The average molecular weight is 267 g/mol. The van der Waals surface area contributed by atoms with Crippen LogP contribution in [0, 0.1) is 5.92 Å². The number of carboxylic acids is 1. The fraction of sp³-hybridized carbons (Fsp3) is 0.583. The van der Waals surface area contributed by atoms with E-state index in [0.717, 1.165) is 6.42 Å². The molecule has 7 nitrogen and oxygen atoms in total. The Kier molecular flexibility index (Phi) is 4.51. The van der Waals surface area contributed by atoms with Crippen LogP contribution in [0.5, 0.6) is 5.88 Å². The number of ether oxygens (including phenoxy) is 2. The molecule has 2 atom stereocenters. The molecule has 1 aromatic rings. The molecule has 2 N–H and O–H groups in total. The molecule has 0 radical (unpaired) electrons. The molecule has 1 aliphatic heterocycles. The van der Waals surface area contributed by atoms with E-state index in [-0.39, 0.29) is 12.6 Å². The van der Waals surface area contributed by atoms with Gasteiger partial charge in [0.25, 0.3) is 0 Å². The monoisotopic (exact) mass is 267 g/mol. The third kappa shape index (κ3) is 3.54. The van der Waals surface area contributed by atoms with E-state index in [0.29, 0.717) is 24.9 Å². The molecule has 7 heteroatoms. The predicted octanol–water partition coefficient (Wildman–Crippen LogP) is 0.777. The summed E-state index contributed by atoms with van der Waals surface area (Å²) in [6.07, 6.45) is 2.28. The Morgan fingerprint density at radius 3 is 3.16 bits per heavy atom. The van der Waals surface area contributed by atoms with Gasteiger partial charge in [0, 0.05) is 6.07 Å². The number of nitrogens with zero attached hydrogens (tertiary/aromatic N) is 2. The van der Waals surface area contributed by atoms with E-state index in [4.69, 9.17) is 14.6 Å². The highest BCUT2D eigenvalue weighted by Crippen LogP contribution is 2.19. The SMILES string of the molecule is CCCOc1cc(NC2COCC2C(=O)O)ncn1. The van der Waals surface area contributed by atoms with Gasteiger partial charge >= 0.3 is 5.97 Å². The molecular weight excluding hydrogens is 250 g/mol. The Balaban J connectivity index is 2.00. The van der Waals surface area contributed by atoms with E-state index < -0.39 is 11.9 Å². The summed E-state index contributed by atoms with van der Waals surface area (Å²) in [6, 6.07) is 1.37. The summed E-state index contributed by atoms with van der Waals surface area (Å²) >= 11 is 0. The van der Waals surface area contributed by atoms with Gasteiger partial charge in [0.2, 0.25) is 5.88 Å². The largest absolute Gasteiger partial charge is 0.481 e. The molecule has 0 amide bonds. The minimum absolute atomic E-state index is 0.220. The number of aromatic nitrogens is 2. The third-order valence-corrected chi connectivity index (χ3v) is 2.83. The maximum atomic E-state index is 11.0. The van der Waals surface area contributed by atoms with Crippen molar-refractivity contribution in [2.45, 2.75) is 19.4 Å². The van der Waals surface area contributed by atoms with Crippen LogP contribution in [0.3, 0.4) is 0 Å². The minimum Gasteiger partial charge on any atom is -0.481 e. The number of hydrogen-bond donors (Lipinski definition) is 2. The van der Waals surface area contributed by atoms with Crippen LogP contribution in [0.2, 0.25) is 0 Å². The van der Waals surface area contributed by atoms with Gasteiger partial charge in [0.05, 0.1) is 25.9 Å². The van der Waals surface area contributed by atoms with Gasteiger partial charge in [-0.3, -0.25) is 4.79 Å². The van der Waals surface area contributed by atoms with Gasteiger partial charge in [-0.2, -0.15) is 0 Å². The van der Waals surface area contributed by atoms with Crippen molar-refractivity contribution in [2.24, 2.45) is 5.92 Å². The summed E-state index contributed by atoms with van der Waals surface area (Å²) in [5.74, 6) is -0.408. The fourth-order valence-corrected chi connectivity index (χ4v) is 1.83. The van der Waals surface area contributed by atoms with Crippen molar-refractivity contribution in [1.82, 2.24) is 9.97 Å². The Morgan fingerprint density at radius 2 is 2.42 bits per heavy atom. The van der Waals surface area contributed by atoms with E-state index >= 15 is 0 Å². The van der Waals surface area contributed by atoms with Gasteiger partial charge in [-0.15, -0.1) is 0 Å². The summed E-state index contributed by atoms with van der Waals surface area (Å²) in [5, 5.41) is 12.1. The summed E-state index contributed by atoms with van der Waals surface area (Å²) in [6.45, 7) is 3.16. The third-order valence-electron chi connectivity index (χ3n) is 2.83. The van der Waals surface area contributed by atoms with Gasteiger partial charge in [0.15, 0.2) is 0 Å². The Labute approximate surface area is 111 Å². The van der Waals surface area contributed by atoms with E-state index in [1.807, 2.05) is 6.92 Å². The van der Waals surface area contributed by atoms with Crippen molar-refractivity contribution < 1.29 is 19.4 Å². The second-order valence-electron chi connectivity index (χ2n) is 4.32. The zero-order chi connectivity index (χ0) is 13.7. The lowest BCUT2D eigenvalue weighted by molar-refractivity contribution is -0.141. The van der Waals surface area contributed by atoms with Crippen molar-refractivity contribution in [3.63, 3.8) is 0 Å². The smallest absolute Gasteiger partial charge is 0.311 e. The average Bonchev–Trinajstić information content (AvgIpc) is 2.85. The molecule has 0 aliphatic carbocycles. The lowest BCUT2D eigenvalue weighted by Crippen LogP contribution is -2.33. The molecule has 1 aliphatic rings. The molecule has 2 rings (SSSR count). The summed E-state index contributed by atoms with van der Waals surface area (Å²) in [5.41, 5.74) is 0.